The Labute approximate surface area is 146 Å². The smallest absolute Gasteiger partial charge is 0.230 e. The van der Waals surface area contributed by atoms with E-state index in [2.05, 4.69) is 47.7 Å². The summed E-state index contributed by atoms with van der Waals surface area (Å²) in [5, 5.41) is 6.18. The van der Waals surface area contributed by atoms with Crippen LogP contribution in [0.15, 0.2) is 35.7 Å². The van der Waals surface area contributed by atoms with Gasteiger partial charge in [-0.05, 0) is 31.0 Å². The lowest BCUT2D eigenvalue weighted by Crippen LogP contribution is -2.34. The maximum atomic E-state index is 11.9. The molecule has 24 heavy (non-hydrogen) atoms. The molecular formula is C17H22N4O2S. The van der Waals surface area contributed by atoms with Crippen LogP contribution in [0.2, 0.25) is 0 Å². The molecule has 1 aromatic heterocycles. The van der Waals surface area contributed by atoms with Crippen molar-refractivity contribution in [3.05, 3.63) is 41.7 Å². The molecule has 0 saturated carbocycles. The Morgan fingerprint density at radius 1 is 1.21 bits per heavy atom. The maximum Gasteiger partial charge on any atom is 0.230 e. The van der Waals surface area contributed by atoms with E-state index in [1.807, 2.05) is 10.8 Å². The van der Waals surface area contributed by atoms with Crippen molar-refractivity contribution in [1.29, 1.82) is 0 Å². The number of rotatable bonds is 7. The standard InChI is InChI=1S/C17H22N4O2S/c1-12-4-5-13(2)15(10-12)21-9-8-20-17(21)24-11-16(23)19-7-6-18-14(3)22/h4-5,8-10H,6-7,11H2,1-3H3,(H,18,22)(H,19,23). The minimum atomic E-state index is -0.103. The van der Waals surface area contributed by atoms with Gasteiger partial charge in [0.05, 0.1) is 11.4 Å². The molecular weight excluding hydrogens is 324 g/mol. The molecule has 128 valence electrons. The van der Waals surface area contributed by atoms with Gasteiger partial charge in [-0.3, -0.25) is 14.2 Å². The monoisotopic (exact) mass is 346 g/mol. The third-order valence-corrected chi connectivity index (χ3v) is 4.35. The van der Waals surface area contributed by atoms with E-state index in [4.69, 9.17) is 0 Å². The van der Waals surface area contributed by atoms with Gasteiger partial charge < -0.3 is 10.6 Å². The van der Waals surface area contributed by atoms with Crippen LogP contribution in [0.25, 0.3) is 5.69 Å². The lowest BCUT2D eigenvalue weighted by Gasteiger charge is -2.11. The molecule has 0 spiro atoms. The Morgan fingerprint density at radius 3 is 2.71 bits per heavy atom. The normalized spacial score (nSPS) is 10.5. The van der Waals surface area contributed by atoms with Crippen molar-refractivity contribution in [2.45, 2.75) is 25.9 Å². The van der Waals surface area contributed by atoms with Gasteiger partial charge in [-0.15, -0.1) is 0 Å². The van der Waals surface area contributed by atoms with Crippen LogP contribution in [0.3, 0.4) is 0 Å². The minimum Gasteiger partial charge on any atom is -0.355 e. The Kier molecular flexibility index (Phi) is 6.43. The molecule has 0 saturated heterocycles. The Bertz CT molecular complexity index is 727. The van der Waals surface area contributed by atoms with E-state index in [1.165, 1.54) is 24.2 Å². The van der Waals surface area contributed by atoms with Crippen molar-refractivity contribution >= 4 is 23.6 Å². The summed E-state index contributed by atoms with van der Waals surface area (Å²) < 4.78 is 2.00. The van der Waals surface area contributed by atoms with Crippen molar-refractivity contribution in [1.82, 2.24) is 20.2 Å². The highest BCUT2D eigenvalue weighted by atomic mass is 32.2. The zero-order chi connectivity index (χ0) is 17.5. The summed E-state index contributed by atoms with van der Waals surface area (Å²) in [4.78, 5) is 27.0. The summed E-state index contributed by atoms with van der Waals surface area (Å²) in [6.07, 6.45) is 3.64. The van der Waals surface area contributed by atoms with Crippen LogP contribution >= 0.6 is 11.8 Å². The second kappa shape index (κ2) is 8.54. The summed E-state index contributed by atoms with van der Waals surface area (Å²) in [5.74, 6) is 0.0946. The molecule has 0 aliphatic carbocycles. The number of aromatic nitrogens is 2. The van der Waals surface area contributed by atoms with Gasteiger partial charge >= 0.3 is 0 Å². The summed E-state index contributed by atoms with van der Waals surface area (Å²) >= 11 is 1.39. The van der Waals surface area contributed by atoms with Crippen LogP contribution in [0.4, 0.5) is 0 Å². The molecule has 2 amide bonds. The number of carbonyl (C=O) groups is 2. The van der Waals surface area contributed by atoms with Gasteiger partial charge in [0, 0.05) is 32.4 Å². The second-order valence-electron chi connectivity index (χ2n) is 5.49. The molecule has 0 bridgehead atoms. The van der Waals surface area contributed by atoms with Crippen molar-refractivity contribution in [2.24, 2.45) is 0 Å². The average Bonchev–Trinajstić information content (AvgIpc) is 3.00. The molecule has 7 heteroatoms. The molecule has 0 atom stereocenters. The first-order chi connectivity index (χ1) is 11.5. The van der Waals surface area contributed by atoms with E-state index in [9.17, 15) is 9.59 Å². The maximum absolute atomic E-state index is 11.9. The largest absolute Gasteiger partial charge is 0.355 e. The second-order valence-corrected chi connectivity index (χ2v) is 6.43. The van der Waals surface area contributed by atoms with E-state index in [-0.39, 0.29) is 17.6 Å². The number of hydrogen-bond donors (Lipinski definition) is 2. The predicted molar refractivity (Wildman–Crippen MR) is 95.5 cm³/mol. The quantitative estimate of drug-likeness (QED) is 0.592. The van der Waals surface area contributed by atoms with Gasteiger partial charge in [0.25, 0.3) is 0 Å². The summed E-state index contributed by atoms with van der Waals surface area (Å²) in [6.45, 7) is 6.41. The fourth-order valence-electron chi connectivity index (χ4n) is 2.18. The van der Waals surface area contributed by atoms with Crippen LogP contribution in [0.1, 0.15) is 18.1 Å². The molecule has 0 radical (unpaired) electrons. The van der Waals surface area contributed by atoms with Crippen LogP contribution in [0, 0.1) is 13.8 Å². The number of aryl methyl sites for hydroxylation is 2. The van der Waals surface area contributed by atoms with E-state index in [0.29, 0.717) is 13.1 Å². The van der Waals surface area contributed by atoms with Gasteiger partial charge in [0.15, 0.2) is 5.16 Å². The van der Waals surface area contributed by atoms with Gasteiger partial charge in [0.1, 0.15) is 0 Å². The fraction of sp³-hybridized carbons (Fsp3) is 0.353. The molecule has 0 aliphatic heterocycles. The first kappa shape index (κ1) is 18.1. The molecule has 0 unspecified atom stereocenters. The van der Waals surface area contributed by atoms with Crippen LogP contribution < -0.4 is 10.6 Å². The molecule has 2 N–H and O–H groups in total. The van der Waals surface area contributed by atoms with Crippen molar-refractivity contribution in [2.75, 3.05) is 18.8 Å². The number of hydrogen-bond acceptors (Lipinski definition) is 4. The fourth-order valence-corrected chi connectivity index (χ4v) is 2.98. The number of benzene rings is 1. The highest BCUT2D eigenvalue weighted by Gasteiger charge is 2.10. The van der Waals surface area contributed by atoms with Crippen molar-refractivity contribution < 1.29 is 9.59 Å². The lowest BCUT2D eigenvalue weighted by atomic mass is 10.1. The Balaban J connectivity index is 1.93. The van der Waals surface area contributed by atoms with Gasteiger partial charge in [-0.2, -0.15) is 0 Å². The van der Waals surface area contributed by atoms with E-state index in [0.717, 1.165) is 16.4 Å². The minimum absolute atomic E-state index is 0.0825. The highest BCUT2D eigenvalue weighted by Crippen LogP contribution is 2.23. The first-order valence-corrected chi connectivity index (χ1v) is 8.71. The molecule has 6 nitrogen and oxygen atoms in total. The van der Waals surface area contributed by atoms with Gasteiger partial charge in [-0.25, -0.2) is 4.98 Å². The third-order valence-electron chi connectivity index (χ3n) is 3.38. The van der Waals surface area contributed by atoms with E-state index >= 15 is 0 Å². The SMILES string of the molecule is CC(=O)NCCNC(=O)CSc1nccn1-c1cc(C)ccc1C. The van der Waals surface area contributed by atoms with Gasteiger partial charge in [0.2, 0.25) is 11.8 Å². The van der Waals surface area contributed by atoms with Crippen LogP contribution in [-0.4, -0.2) is 40.2 Å². The topological polar surface area (TPSA) is 76.0 Å². The molecule has 0 aliphatic rings. The van der Waals surface area contributed by atoms with Gasteiger partial charge in [-0.1, -0.05) is 23.9 Å². The van der Waals surface area contributed by atoms with Crippen LogP contribution in [0.5, 0.6) is 0 Å². The van der Waals surface area contributed by atoms with Crippen LogP contribution in [-0.2, 0) is 9.59 Å². The Morgan fingerprint density at radius 2 is 1.96 bits per heavy atom. The number of nitrogens with one attached hydrogen (secondary N) is 2. The number of nitrogens with zero attached hydrogens (tertiary/aromatic N) is 2. The number of carbonyl (C=O) groups excluding carboxylic acids is 2. The van der Waals surface area contributed by atoms with Crippen molar-refractivity contribution in [3.8, 4) is 5.69 Å². The van der Waals surface area contributed by atoms with E-state index in [1.54, 1.807) is 6.20 Å². The molecule has 2 rings (SSSR count). The summed E-state index contributed by atoms with van der Waals surface area (Å²) in [5.41, 5.74) is 3.40. The molecule has 1 aromatic carbocycles. The summed E-state index contributed by atoms with van der Waals surface area (Å²) in [6, 6.07) is 6.26. The predicted octanol–water partition coefficient (Wildman–Crippen LogP) is 1.83. The third kappa shape index (κ3) is 5.13. The molecule has 2 aromatic rings. The zero-order valence-corrected chi connectivity index (χ0v) is 14.9. The number of amides is 2. The highest BCUT2D eigenvalue weighted by molar-refractivity contribution is 7.99. The first-order valence-electron chi connectivity index (χ1n) is 7.72. The number of imidazole rings is 1. The summed E-state index contributed by atoms with van der Waals surface area (Å²) in [7, 11) is 0. The van der Waals surface area contributed by atoms with E-state index < -0.39 is 0 Å². The lowest BCUT2D eigenvalue weighted by molar-refractivity contribution is -0.120. The van der Waals surface area contributed by atoms with Crippen molar-refractivity contribution in [3.63, 3.8) is 0 Å². The number of thioether (sulfide) groups is 1. The molecule has 1 heterocycles. The zero-order valence-electron chi connectivity index (χ0n) is 14.1. The molecule has 0 fully saturated rings. The Hall–Kier alpha value is -2.28. The average molecular weight is 346 g/mol.